The highest BCUT2D eigenvalue weighted by Gasteiger charge is 2.48. The lowest BCUT2D eigenvalue weighted by Gasteiger charge is -2.15. The van der Waals surface area contributed by atoms with Crippen LogP contribution in [0.15, 0.2) is 30.3 Å². The van der Waals surface area contributed by atoms with Gasteiger partial charge in [-0.15, -0.1) is 0 Å². The molecular formula is C21H20ClN3O7. The SMILES string of the molecule is CC(Oc1ccc(-c2nc3nc(O[C@@H]4CO[C@H]5[C@@H]4OC[C@H]5O)[nH]c3cc2Cl)cc1)C(=O)O. The first-order valence-corrected chi connectivity index (χ1v) is 10.4. The van der Waals surface area contributed by atoms with Gasteiger partial charge in [-0.05, 0) is 37.3 Å². The second-order valence-electron chi connectivity index (χ2n) is 7.67. The number of aromatic nitrogens is 3. The average Bonchev–Trinajstić information content (AvgIpc) is 3.45. The molecule has 0 radical (unpaired) electrons. The maximum Gasteiger partial charge on any atom is 0.344 e. The summed E-state index contributed by atoms with van der Waals surface area (Å²) in [6.45, 7) is 1.96. The lowest BCUT2D eigenvalue weighted by molar-refractivity contribution is -0.144. The number of carboxylic acid groups (broad SMARTS) is 1. The van der Waals surface area contributed by atoms with Crippen molar-refractivity contribution in [1.29, 1.82) is 0 Å². The van der Waals surface area contributed by atoms with E-state index in [0.717, 1.165) is 5.56 Å². The number of H-pyrrole nitrogens is 1. The van der Waals surface area contributed by atoms with Crippen molar-refractivity contribution in [2.75, 3.05) is 13.2 Å². The van der Waals surface area contributed by atoms with E-state index in [9.17, 15) is 9.90 Å². The third-order valence-electron chi connectivity index (χ3n) is 5.44. The standard InChI is InChI=1S/C21H20ClN3O7/c1-9(20(27)28)31-11-4-2-10(3-5-11)16-12(22)6-13-19(24-16)25-21(23-13)32-15-8-30-17-14(26)7-29-18(15)17/h2-6,9,14-15,17-18,26H,7-8H2,1H3,(H,27,28)(H,23,24,25)/t9?,14-,15-,17-,18-/m1/s1. The molecule has 2 aliphatic heterocycles. The van der Waals surface area contributed by atoms with Crippen LogP contribution in [0.3, 0.4) is 0 Å². The Morgan fingerprint density at radius 1 is 1.22 bits per heavy atom. The average molecular weight is 462 g/mol. The van der Waals surface area contributed by atoms with Crippen molar-refractivity contribution in [3.8, 4) is 23.0 Å². The summed E-state index contributed by atoms with van der Waals surface area (Å²) in [5, 5.41) is 19.2. The number of aliphatic hydroxyl groups excluding tert-OH is 1. The van der Waals surface area contributed by atoms with Crippen LogP contribution < -0.4 is 9.47 Å². The molecule has 32 heavy (non-hydrogen) atoms. The Bertz CT molecular complexity index is 1150. The third-order valence-corrected chi connectivity index (χ3v) is 5.73. The molecule has 4 heterocycles. The Morgan fingerprint density at radius 3 is 2.72 bits per heavy atom. The van der Waals surface area contributed by atoms with Crippen LogP contribution in [0.5, 0.6) is 11.8 Å². The summed E-state index contributed by atoms with van der Waals surface area (Å²) in [6.07, 6.45) is -2.76. The number of halogens is 1. The lowest BCUT2D eigenvalue weighted by atomic mass is 10.1. The van der Waals surface area contributed by atoms with Crippen molar-refractivity contribution >= 4 is 28.7 Å². The highest BCUT2D eigenvalue weighted by molar-refractivity contribution is 6.33. The van der Waals surface area contributed by atoms with E-state index >= 15 is 0 Å². The maximum absolute atomic E-state index is 10.9. The minimum absolute atomic E-state index is 0.217. The second-order valence-corrected chi connectivity index (χ2v) is 8.08. The zero-order chi connectivity index (χ0) is 22.4. The smallest absolute Gasteiger partial charge is 0.344 e. The Kier molecular flexibility index (Phi) is 5.38. The summed E-state index contributed by atoms with van der Waals surface area (Å²) in [4.78, 5) is 22.9. The van der Waals surface area contributed by atoms with Crippen molar-refractivity contribution in [3.05, 3.63) is 35.4 Å². The summed E-state index contributed by atoms with van der Waals surface area (Å²) in [5.74, 6) is -0.621. The molecule has 168 valence electrons. The predicted molar refractivity (Wildman–Crippen MR) is 112 cm³/mol. The number of nitrogens with zero attached hydrogens (tertiary/aromatic N) is 2. The molecule has 5 atom stereocenters. The third kappa shape index (κ3) is 3.86. The molecule has 0 aliphatic carbocycles. The highest BCUT2D eigenvalue weighted by atomic mass is 35.5. The van der Waals surface area contributed by atoms with Gasteiger partial charge < -0.3 is 34.1 Å². The molecule has 1 unspecified atom stereocenters. The number of aliphatic carboxylic acids is 1. The molecular weight excluding hydrogens is 442 g/mol. The monoisotopic (exact) mass is 461 g/mol. The van der Waals surface area contributed by atoms with Gasteiger partial charge in [0.1, 0.15) is 24.1 Å². The number of hydrogen-bond donors (Lipinski definition) is 3. The second kappa shape index (κ2) is 8.21. The van der Waals surface area contributed by atoms with Crippen molar-refractivity contribution < 1.29 is 34.0 Å². The molecule has 0 amide bonds. The van der Waals surface area contributed by atoms with Gasteiger partial charge in [0.15, 0.2) is 17.9 Å². The fourth-order valence-electron chi connectivity index (χ4n) is 3.79. The van der Waals surface area contributed by atoms with Gasteiger partial charge in [0.25, 0.3) is 6.01 Å². The molecule has 5 rings (SSSR count). The van der Waals surface area contributed by atoms with E-state index in [1.54, 1.807) is 30.3 Å². The van der Waals surface area contributed by atoms with Crippen molar-refractivity contribution in [3.63, 3.8) is 0 Å². The molecule has 11 heteroatoms. The number of carboxylic acids is 1. The molecule has 0 saturated carbocycles. The van der Waals surface area contributed by atoms with Gasteiger partial charge in [0.2, 0.25) is 0 Å². The summed E-state index contributed by atoms with van der Waals surface area (Å²) in [5.41, 5.74) is 2.26. The van der Waals surface area contributed by atoms with E-state index in [1.165, 1.54) is 6.92 Å². The van der Waals surface area contributed by atoms with E-state index in [1.807, 2.05) is 0 Å². The van der Waals surface area contributed by atoms with Gasteiger partial charge in [-0.2, -0.15) is 4.98 Å². The number of nitrogens with one attached hydrogen (secondary N) is 1. The molecule has 3 N–H and O–H groups in total. The number of aromatic amines is 1. The zero-order valence-corrected chi connectivity index (χ0v) is 17.7. The molecule has 3 aromatic rings. The first kappa shape index (κ1) is 21.0. The number of carbonyl (C=O) groups is 1. The maximum atomic E-state index is 10.9. The molecule has 2 aromatic heterocycles. The van der Waals surface area contributed by atoms with Crippen LogP contribution in [-0.4, -0.2) is 74.9 Å². The summed E-state index contributed by atoms with van der Waals surface area (Å²) < 4.78 is 22.4. The molecule has 2 aliphatic rings. The summed E-state index contributed by atoms with van der Waals surface area (Å²) in [6, 6.07) is 8.76. The van der Waals surface area contributed by atoms with Crippen LogP contribution in [0.2, 0.25) is 5.02 Å². The molecule has 2 saturated heterocycles. The van der Waals surface area contributed by atoms with E-state index in [-0.39, 0.29) is 25.3 Å². The predicted octanol–water partition coefficient (Wildman–Crippen LogP) is 2.04. The minimum Gasteiger partial charge on any atom is -0.479 e. The van der Waals surface area contributed by atoms with Crippen molar-refractivity contribution in [1.82, 2.24) is 15.0 Å². The Morgan fingerprint density at radius 2 is 1.97 bits per heavy atom. The van der Waals surface area contributed by atoms with E-state index in [2.05, 4.69) is 15.0 Å². The molecule has 2 fully saturated rings. The lowest BCUT2D eigenvalue weighted by Crippen LogP contribution is -2.34. The quantitative estimate of drug-likeness (QED) is 0.503. The number of fused-ring (bicyclic) bond motifs is 2. The molecule has 0 bridgehead atoms. The molecule has 0 spiro atoms. The number of aliphatic hydroxyl groups is 1. The normalized spacial score (nSPS) is 25.6. The fourth-order valence-corrected chi connectivity index (χ4v) is 4.05. The Hall–Kier alpha value is -2.92. The first-order valence-electron chi connectivity index (χ1n) is 10.0. The van der Waals surface area contributed by atoms with Gasteiger partial charge in [-0.3, -0.25) is 0 Å². The highest BCUT2D eigenvalue weighted by Crippen LogP contribution is 2.32. The van der Waals surface area contributed by atoms with Gasteiger partial charge in [-0.25, -0.2) is 9.78 Å². The van der Waals surface area contributed by atoms with Crippen LogP contribution in [0.1, 0.15) is 6.92 Å². The van der Waals surface area contributed by atoms with E-state index in [4.69, 9.17) is 35.7 Å². The largest absolute Gasteiger partial charge is 0.479 e. The number of hydrogen-bond acceptors (Lipinski definition) is 8. The van der Waals surface area contributed by atoms with Gasteiger partial charge >= 0.3 is 5.97 Å². The van der Waals surface area contributed by atoms with Crippen molar-refractivity contribution in [2.24, 2.45) is 0 Å². The number of pyridine rings is 1. The van der Waals surface area contributed by atoms with Crippen LogP contribution in [0.25, 0.3) is 22.4 Å². The number of ether oxygens (including phenoxy) is 4. The van der Waals surface area contributed by atoms with Gasteiger partial charge in [-0.1, -0.05) is 11.6 Å². The van der Waals surface area contributed by atoms with Crippen LogP contribution in [0, 0.1) is 0 Å². The summed E-state index contributed by atoms with van der Waals surface area (Å²) >= 11 is 6.44. The van der Waals surface area contributed by atoms with E-state index < -0.39 is 30.4 Å². The molecule has 1 aromatic carbocycles. The number of imidazole rings is 1. The molecule has 10 nitrogen and oxygen atoms in total. The Labute approximate surface area is 187 Å². The first-order chi connectivity index (χ1) is 15.4. The van der Waals surface area contributed by atoms with Gasteiger partial charge in [0.05, 0.1) is 29.4 Å². The van der Waals surface area contributed by atoms with Gasteiger partial charge in [0, 0.05) is 5.56 Å². The summed E-state index contributed by atoms with van der Waals surface area (Å²) in [7, 11) is 0. The number of benzene rings is 1. The van der Waals surface area contributed by atoms with Crippen LogP contribution in [-0.2, 0) is 14.3 Å². The van der Waals surface area contributed by atoms with Crippen LogP contribution >= 0.6 is 11.6 Å². The van der Waals surface area contributed by atoms with Crippen molar-refractivity contribution in [2.45, 2.75) is 37.4 Å². The van der Waals surface area contributed by atoms with E-state index in [0.29, 0.717) is 27.6 Å². The minimum atomic E-state index is -1.05. The zero-order valence-electron chi connectivity index (χ0n) is 16.9. The fraction of sp³-hybridized carbons (Fsp3) is 0.381. The Balaban J connectivity index is 1.35. The number of rotatable bonds is 6. The topological polar surface area (TPSA) is 136 Å². The van der Waals surface area contributed by atoms with Crippen LogP contribution in [0.4, 0.5) is 0 Å².